The minimum Gasteiger partial charge on any atom is -0.456 e. The smallest absolute Gasteiger partial charge is 0.267 e. The van der Waals surface area contributed by atoms with Crippen molar-refractivity contribution in [2.45, 2.75) is 13.0 Å². The average Bonchev–Trinajstić information content (AvgIpc) is 2.68. The van der Waals surface area contributed by atoms with Crippen LogP contribution in [-0.4, -0.2) is 17.4 Å². The lowest BCUT2D eigenvalue weighted by atomic mass is 10.1. The lowest BCUT2D eigenvalue weighted by molar-refractivity contribution is 0.0995. The monoisotopic (exact) mass is 365 g/mol. The van der Waals surface area contributed by atoms with Gasteiger partial charge >= 0.3 is 0 Å². The third-order valence-corrected chi connectivity index (χ3v) is 4.01. The first-order valence-corrected chi connectivity index (χ1v) is 8.58. The molecule has 0 spiro atoms. The quantitative estimate of drug-likeness (QED) is 0.600. The summed E-state index contributed by atoms with van der Waals surface area (Å²) in [6.45, 7) is 1.38. The predicted molar refractivity (Wildman–Crippen MR) is 101 cm³/mol. The fraction of sp³-hybridized carbons (Fsp3) is 0.143. The molecule has 2 aromatic carbocycles. The molecule has 3 aromatic rings. The molecule has 0 radical (unpaired) electrons. The SMILES string of the molecule is NC(=O)c1ccc(Oc2ccc(CNCCc3ccccc3F)cc2)cn1. The number of amides is 1. The van der Waals surface area contributed by atoms with E-state index >= 15 is 0 Å². The zero-order valence-electron chi connectivity index (χ0n) is 14.7. The summed E-state index contributed by atoms with van der Waals surface area (Å²) in [5.41, 5.74) is 7.16. The van der Waals surface area contributed by atoms with E-state index in [1.54, 1.807) is 18.2 Å². The molecule has 1 aromatic heterocycles. The molecule has 0 fully saturated rings. The molecule has 3 rings (SSSR count). The Morgan fingerprint density at radius 2 is 1.78 bits per heavy atom. The molecule has 27 heavy (non-hydrogen) atoms. The molecule has 0 atom stereocenters. The fourth-order valence-electron chi connectivity index (χ4n) is 2.55. The van der Waals surface area contributed by atoms with Gasteiger partial charge in [0, 0.05) is 6.54 Å². The zero-order chi connectivity index (χ0) is 19.1. The Morgan fingerprint density at radius 1 is 1.04 bits per heavy atom. The number of nitrogens with one attached hydrogen (secondary N) is 1. The van der Waals surface area contributed by atoms with Crippen LogP contribution in [0.3, 0.4) is 0 Å². The summed E-state index contributed by atoms with van der Waals surface area (Å²) in [5.74, 6) is 0.446. The number of hydrogen-bond acceptors (Lipinski definition) is 4. The van der Waals surface area contributed by atoms with Gasteiger partial charge in [0.1, 0.15) is 23.0 Å². The molecule has 3 N–H and O–H groups in total. The lowest BCUT2D eigenvalue weighted by Crippen LogP contribution is -2.17. The molecule has 5 nitrogen and oxygen atoms in total. The number of nitrogens with two attached hydrogens (primary N) is 1. The second-order valence-corrected chi connectivity index (χ2v) is 6.01. The van der Waals surface area contributed by atoms with Crippen LogP contribution in [0.4, 0.5) is 4.39 Å². The topological polar surface area (TPSA) is 77.2 Å². The first kappa shape index (κ1) is 18.5. The number of halogens is 1. The van der Waals surface area contributed by atoms with Gasteiger partial charge < -0.3 is 15.8 Å². The maximum absolute atomic E-state index is 13.6. The van der Waals surface area contributed by atoms with Gasteiger partial charge in [0.2, 0.25) is 0 Å². The minimum atomic E-state index is -0.576. The molecule has 6 heteroatoms. The van der Waals surface area contributed by atoms with Crippen LogP contribution in [0.25, 0.3) is 0 Å². The van der Waals surface area contributed by atoms with E-state index in [1.807, 2.05) is 30.3 Å². The highest BCUT2D eigenvalue weighted by Crippen LogP contribution is 2.21. The number of aromatic nitrogens is 1. The third kappa shape index (κ3) is 5.36. The van der Waals surface area contributed by atoms with Gasteiger partial charge in [-0.1, -0.05) is 30.3 Å². The molecule has 0 saturated heterocycles. The molecule has 1 amide bonds. The van der Waals surface area contributed by atoms with E-state index in [0.717, 1.165) is 5.56 Å². The average molecular weight is 365 g/mol. The first-order valence-electron chi connectivity index (χ1n) is 8.58. The van der Waals surface area contributed by atoms with Gasteiger partial charge in [0.15, 0.2) is 0 Å². The van der Waals surface area contributed by atoms with Crippen molar-refractivity contribution >= 4 is 5.91 Å². The Bertz CT molecular complexity index is 896. The number of primary amides is 1. The van der Waals surface area contributed by atoms with Crippen LogP contribution in [0.2, 0.25) is 0 Å². The van der Waals surface area contributed by atoms with Gasteiger partial charge in [0.05, 0.1) is 6.20 Å². The molecule has 0 aliphatic carbocycles. The molecule has 0 saturated carbocycles. The summed E-state index contributed by atoms with van der Waals surface area (Å²) in [6, 6.07) is 17.6. The number of rotatable bonds is 8. The second-order valence-electron chi connectivity index (χ2n) is 6.01. The number of hydrogen-bond donors (Lipinski definition) is 2. The number of carbonyl (C=O) groups excluding carboxylic acids is 1. The number of pyridine rings is 1. The summed E-state index contributed by atoms with van der Waals surface area (Å²) < 4.78 is 19.2. The predicted octanol–water partition coefficient (Wildman–Crippen LogP) is 3.44. The van der Waals surface area contributed by atoms with E-state index in [0.29, 0.717) is 36.6 Å². The van der Waals surface area contributed by atoms with Crippen LogP contribution in [0.5, 0.6) is 11.5 Å². The largest absolute Gasteiger partial charge is 0.456 e. The highest BCUT2D eigenvalue weighted by Gasteiger charge is 2.04. The number of ether oxygens (including phenoxy) is 1. The van der Waals surface area contributed by atoms with E-state index in [2.05, 4.69) is 10.3 Å². The van der Waals surface area contributed by atoms with E-state index in [4.69, 9.17) is 10.5 Å². The Hall–Kier alpha value is -3.25. The normalized spacial score (nSPS) is 10.6. The van der Waals surface area contributed by atoms with Crippen LogP contribution in [0.15, 0.2) is 66.9 Å². The Balaban J connectivity index is 1.47. The van der Waals surface area contributed by atoms with Gasteiger partial charge in [-0.15, -0.1) is 0 Å². The molecule has 0 bridgehead atoms. The highest BCUT2D eigenvalue weighted by molar-refractivity contribution is 5.90. The molecule has 1 heterocycles. The second kappa shape index (κ2) is 8.91. The van der Waals surface area contributed by atoms with Crippen molar-refractivity contribution < 1.29 is 13.9 Å². The zero-order valence-corrected chi connectivity index (χ0v) is 14.7. The van der Waals surface area contributed by atoms with Gasteiger partial charge in [-0.25, -0.2) is 9.37 Å². The van der Waals surface area contributed by atoms with Crippen LogP contribution in [-0.2, 0) is 13.0 Å². The Labute approximate surface area is 157 Å². The van der Waals surface area contributed by atoms with Crippen LogP contribution in [0.1, 0.15) is 21.6 Å². The van der Waals surface area contributed by atoms with Gasteiger partial charge in [-0.3, -0.25) is 4.79 Å². The summed E-state index contributed by atoms with van der Waals surface area (Å²) in [4.78, 5) is 14.9. The maximum Gasteiger partial charge on any atom is 0.267 e. The molecular weight excluding hydrogens is 345 g/mol. The van der Waals surface area contributed by atoms with Crippen molar-refractivity contribution in [2.24, 2.45) is 5.73 Å². The first-order chi connectivity index (χ1) is 13.1. The molecule has 0 aliphatic heterocycles. The molecule has 138 valence electrons. The van der Waals surface area contributed by atoms with Gasteiger partial charge in [0.25, 0.3) is 5.91 Å². The molecule has 0 aliphatic rings. The van der Waals surface area contributed by atoms with Crippen molar-refractivity contribution in [1.29, 1.82) is 0 Å². The third-order valence-electron chi connectivity index (χ3n) is 4.01. The summed E-state index contributed by atoms with van der Waals surface area (Å²) >= 11 is 0. The Kier molecular flexibility index (Phi) is 6.12. The van der Waals surface area contributed by atoms with E-state index in [-0.39, 0.29) is 11.5 Å². The summed E-state index contributed by atoms with van der Waals surface area (Å²) in [5, 5.41) is 3.30. The number of nitrogens with zero attached hydrogens (tertiary/aromatic N) is 1. The van der Waals surface area contributed by atoms with Crippen LogP contribution in [0, 0.1) is 5.82 Å². The number of benzene rings is 2. The van der Waals surface area contributed by atoms with E-state index < -0.39 is 5.91 Å². The van der Waals surface area contributed by atoms with E-state index in [1.165, 1.54) is 18.3 Å². The van der Waals surface area contributed by atoms with Crippen LogP contribution >= 0.6 is 0 Å². The summed E-state index contributed by atoms with van der Waals surface area (Å²) in [7, 11) is 0. The maximum atomic E-state index is 13.6. The van der Waals surface area contributed by atoms with Crippen molar-refractivity contribution in [3.63, 3.8) is 0 Å². The number of carbonyl (C=O) groups is 1. The molecular formula is C21H20FN3O2. The van der Waals surface area contributed by atoms with Crippen molar-refractivity contribution in [2.75, 3.05) is 6.54 Å². The van der Waals surface area contributed by atoms with Gasteiger partial charge in [-0.2, -0.15) is 0 Å². The highest BCUT2D eigenvalue weighted by atomic mass is 19.1. The van der Waals surface area contributed by atoms with Gasteiger partial charge in [-0.05, 0) is 54.4 Å². The summed E-state index contributed by atoms with van der Waals surface area (Å²) in [6.07, 6.45) is 2.10. The van der Waals surface area contributed by atoms with Crippen molar-refractivity contribution in [3.8, 4) is 11.5 Å². The standard InChI is InChI=1S/C21H20FN3O2/c22-19-4-2-1-3-16(19)11-12-24-13-15-5-7-17(8-6-15)27-18-9-10-20(21(23)26)25-14-18/h1-10,14,24H,11-13H2,(H2,23,26). The van der Waals surface area contributed by atoms with Crippen LogP contribution < -0.4 is 15.8 Å². The Morgan fingerprint density at radius 3 is 2.44 bits per heavy atom. The van der Waals surface area contributed by atoms with Crippen molar-refractivity contribution in [1.82, 2.24) is 10.3 Å². The fourth-order valence-corrected chi connectivity index (χ4v) is 2.55. The molecule has 0 unspecified atom stereocenters. The minimum absolute atomic E-state index is 0.167. The van der Waals surface area contributed by atoms with Crippen molar-refractivity contribution in [3.05, 3.63) is 89.5 Å². The van der Waals surface area contributed by atoms with E-state index in [9.17, 15) is 9.18 Å². The lowest BCUT2D eigenvalue weighted by Gasteiger charge is -2.08.